The van der Waals surface area contributed by atoms with E-state index in [0.717, 1.165) is 4.70 Å². The van der Waals surface area contributed by atoms with Gasteiger partial charge < -0.3 is 9.30 Å². The van der Waals surface area contributed by atoms with Gasteiger partial charge in [-0.1, -0.05) is 17.4 Å². The van der Waals surface area contributed by atoms with Crippen molar-refractivity contribution in [3.8, 4) is 5.75 Å². The Labute approximate surface area is 202 Å². The smallest absolute Gasteiger partial charge is 0.260 e. The number of rotatable bonds is 9. The van der Waals surface area contributed by atoms with E-state index in [1.165, 1.54) is 23.5 Å². The van der Waals surface area contributed by atoms with Crippen molar-refractivity contribution in [1.29, 1.82) is 0 Å². The Balaban J connectivity index is 1.65. The summed E-state index contributed by atoms with van der Waals surface area (Å²) in [6, 6.07) is 11.8. The molecule has 0 fully saturated rings. The van der Waals surface area contributed by atoms with Crippen LogP contribution in [-0.2, 0) is 16.4 Å². The van der Waals surface area contributed by atoms with Gasteiger partial charge in [-0.15, -0.1) is 0 Å². The van der Waals surface area contributed by atoms with Gasteiger partial charge in [0, 0.05) is 31.0 Å². The number of aryl methyl sites for hydroxylation is 1. The lowest BCUT2D eigenvalue weighted by Crippen LogP contribution is -2.32. The van der Waals surface area contributed by atoms with Crippen LogP contribution in [0.1, 0.15) is 30.6 Å². The highest BCUT2D eigenvalue weighted by molar-refractivity contribution is 7.92. The number of anilines is 1. The molecule has 0 unspecified atom stereocenters. The number of hydrogen-bond acceptors (Lipinski definition) is 7. The normalized spacial score (nSPS) is 11.8. The lowest BCUT2D eigenvalue weighted by Gasteiger charge is -2.20. The minimum absolute atomic E-state index is 0.204. The van der Waals surface area contributed by atoms with Crippen molar-refractivity contribution in [2.75, 3.05) is 18.6 Å². The highest BCUT2D eigenvalue weighted by atomic mass is 32.2. The van der Waals surface area contributed by atoms with Crippen molar-refractivity contribution in [2.45, 2.75) is 37.0 Å². The number of fused-ring (bicyclic) bond motifs is 1. The van der Waals surface area contributed by atoms with Gasteiger partial charge in [0.2, 0.25) is 0 Å². The van der Waals surface area contributed by atoms with Gasteiger partial charge in [-0.05, 0) is 56.7 Å². The van der Waals surface area contributed by atoms with E-state index in [0.29, 0.717) is 41.5 Å². The summed E-state index contributed by atoms with van der Waals surface area (Å²) >= 11 is 1.42. The molecule has 0 spiro atoms. The maximum absolute atomic E-state index is 13.6. The molecule has 0 aliphatic rings. The second-order valence-corrected chi connectivity index (χ2v) is 11.5. The molecule has 1 amide bonds. The maximum atomic E-state index is 13.6. The predicted octanol–water partition coefficient (Wildman–Crippen LogP) is 4.42. The predicted molar refractivity (Wildman–Crippen MR) is 133 cm³/mol. The third kappa shape index (κ3) is 4.83. The van der Waals surface area contributed by atoms with Crippen LogP contribution < -0.4 is 9.64 Å². The first-order chi connectivity index (χ1) is 16.3. The molecular formula is C24H26N4O4S2. The number of imidazole rings is 1. The van der Waals surface area contributed by atoms with Gasteiger partial charge in [-0.2, -0.15) is 0 Å². The zero-order valence-corrected chi connectivity index (χ0v) is 20.8. The fourth-order valence-corrected chi connectivity index (χ4v) is 5.59. The number of para-hydroxylation sites is 1. The Morgan fingerprint density at radius 2 is 1.94 bits per heavy atom. The first-order valence-electron chi connectivity index (χ1n) is 10.9. The van der Waals surface area contributed by atoms with Crippen LogP contribution in [0.25, 0.3) is 10.2 Å². The molecule has 0 saturated carbocycles. The molecular weight excluding hydrogens is 472 g/mol. The lowest BCUT2D eigenvalue weighted by atomic mass is 10.2. The molecule has 0 atom stereocenters. The fraction of sp³-hybridized carbons (Fsp3) is 0.292. The van der Waals surface area contributed by atoms with E-state index in [1.54, 1.807) is 50.5 Å². The van der Waals surface area contributed by atoms with Gasteiger partial charge in [0.1, 0.15) is 11.3 Å². The topological polar surface area (TPSA) is 94.4 Å². The second kappa shape index (κ2) is 9.94. The molecule has 4 rings (SSSR count). The first kappa shape index (κ1) is 23.9. The minimum Gasteiger partial charge on any atom is -0.494 e. The molecule has 0 N–H and O–H groups in total. The SMILES string of the molecule is COc1cccc2sc(N(CCCn3ccnc3)C(=O)c3ccc(S(=O)(=O)C(C)C)cc3)nc12. The van der Waals surface area contributed by atoms with E-state index in [1.807, 2.05) is 29.0 Å². The zero-order valence-electron chi connectivity index (χ0n) is 19.2. The van der Waals surface area contributed by atoms with Crippen LogP contribution in [0.4, 0.5) is 5.13 Å². The summed E-state index contributed by atoms with van der Waals surface area (Å²) in [5.41, 5.74) is 1.10. The van der Waals surface area contributed by atoms with E-state index in [9.17, 15) is 13.2 Å². The summed E-state index contributed by atoms with van der Waals surface area (Å²) in [6.45, 7) is 4.41. The standard InChI is InChI=1S/C24H26N4O4S2/c1-17(2)34(30,31)19-10-8-18(9-11-19)23(29)28(14-5-13-27-15-12-25-16-27)24-26-22-20(32-3)6-4-7-21(22)33-24/h4,6-12,15-17H,5,13-14H2,1-3H3. The largest absolute Gasteiger partial charge is 0.494 e. The monoisotopic (exact) mass is 498 g/mol. The summed E-state index contributed by atoms with van der Waals surface area (Å²) in [6.07, 6.45) is 6.02. The second-order valence-electron chi connectivity index (χ2n) is 8.03. The van der Waals surface area contributed by atoms with Gasteiger partial charge >= 0.3 is 0 Å². The molecule has 0 bridgehead atoms. The van der Waals surface area contributed by atoms with E-state index in [2.05, 4.69) is 4.98 Å². The van der Waals surface area contributed by atoms with Crippen molar-refractivity contribution < 1.29 is 17.9 Å². The molecule has 4 aromatic rings. The molecule has 34 heavy (non-hydrogen) atoms. The number of sulfone groups is 1. The number of methoxy groups -OCH3 is 1. The number of carbonyl (C=O) groups is 1. The molecule has 0 saturated heterocycles. The number of carbonyl (C=O) groups excluding carboxylic acids is 1. The van der Waals surface area contributed by atoms with Gasteiger partial charge in [0.15, 0.2) is 15.0 Å². The van der Waals surface area contributed by atoms with Crippen molar-refractivity contribution in [1.82, 2.24) is 14.5 Å². The summed E-state index contributed by atoms with van der Waals surface area (Å²) in [7, 11) is -1.82. The quantitative estimate of drug-likeness (QED) is 0.339. The number of hydrogen-bond donors (Lipinski definition) is 0. The Bertz CT molecular complexity index is 1380. The number of benzene rings is 2. The number of nitrogens with zero attached hydrogens (tertiary/aromatic N) is 4. The Hall–Kier alpha value is -3.24. The van der Waals surface area contributed by atoms with Gasteiger partial charge in [0.05, 0.1) is 28.3 Å². The fourth-order valence-electron chi connectivity index (χ4n) is 3.52. The third-order valence-corrected chi connectivity index (χ3v) is 8.69. The van der Waals surface area contributed by atoms with Crippen LogP contribution in [0.2, 0.25) is 0 Å². The lowest BCUT2D eigenvalue weighted by molar-refractivity contribution is 0.0986. The van der Waals surface area contributed by atoms with Crippen LogP contribution in [-0.4, -0.2) is 47.8 Å². The summed E-state index contributed by atoms with van der Waals surface area (Å²) < 4.78 is 33.2. The highest BCUT2D eigenvalue weighted by Crippen LogP contribution is 2.34. The zero-order chi connectivity index (χ0) is 24.3. The number of thiazole rings is 1. The Morgan fingerprint density at radius 3 is 2.59 bits per heavy atom. The van der Waals surface area contributed by atoms with Crippen molar-refractivity contribution in [3.63, 3.8) is 0 Å². The van der Waals surface area contributed by atoms with E-state index >= 15 is 0 Å². The molecule has 8 nitrogen and oxygen atoms in total. The first-order valence-corrected chi connectivity index (χ1v) is 13.2. The van der Waals surface area contributed by atoms with Crippen molar-refractivity contribution in [3.05, 3.63) is 66.7 Å². The molecule has 2 heterocycles. The van der Waals surface area contributed by atoms with Crippen LogP contribution in [0, 0.1) is 0 Å². The molecule has 178 valence electrons. The summed E-state index contributed by atoms with van der Waals surface area (Å²) in [5.74, 6) is 0.409. The Kier molecular flexibility index (Phi) is 6.99. The van der Waals surface area contributed by atoms with Gasteiger partial charge in [-0.3, -0.25) is 9.69 Å². The highest BCUT2D eigenvalue weighted by Gasteiger charge is 2.24. The molecule has 0 aliphatic carbocycles. The Morgan fingerprint density at radius 1 is 1.18 bits per heavy atom. The minimum atomic E-state index is -3.41. The molecule has 0 aliphatic heterocycles. The van der Waals surface area contributed by atoms with E-state index < -0.39 is 15.1 Å². The maximum Gasteiger partial charge on any atom is 0.260 e. The number of ether oxygens (including phenoxy) is 1. The molecule has 2 aromatic carbocycles. The van der Waals surface area contributed by atoms with Gasteiger partial charge in [0.25, 0.3) is 5.91 Å². The number of amides is 1. The van der Waals surface area contributed by atoms with Crippen molar-refractivity contribution >= 4 is 42.4 Å². The van der Waals surface area contributed by atoms with E-state index in [4.69, 9.17) is 9.72 Å². The molecule has 0 radical (unpaired) electrons. The summed E-state index contributed by atoms with van der Waals surface area (Å²) in [4.78, 5) is 24.2. The average Bonchev–Trinajstić information content (AvgIpc) is 3.51. The third-order valence-electron chi connectivity index (χ3n) is 5.47. The van der Waals surface area contributed by atoms with Crippen molar-refractivity contribution in [2.24, 2.45) is 0 Å². The van der Waals surface area contributed by atoms with Crippen LogP contribution in [0.15, 0.2) is 66.1 Å². The van der Waals surface area contributed by atoms with Gasteiger partial charge in [-0.25, -0.2) is 18.4 Å². The molecule has 10 heteroatoms. The van der Waals surface area contributed by atoms with Crippen LogP contribution in [0.5, 0.6) is 5.75 Å². The van der Waals surface area contributed by atoms with Crippen LogP contribution >= 0.6 is 11.3 Å². The molecule has 2 aromatic heterocycles. The average molecular weight is 499 g/mol. The van der Waals surface area contributed by atoms with E-state index in [-0.39, 0.29) is 10.8 Å². The number of aromatic nitrogens is 3. The summed E-state index contributed by atoms with van der Waals surface area (Å²) in [5, 5.41) is 0.0282. The van der Waals surface area contributed by atoms with Crippen LogP contribution in [0.3, 0.4) is 0 Å².